The molecule has 2 heterocycles. The summed E-state index contributed by atoms with van der Waals surface area (Å²) >= 11 is 0. The fraction of sp³-hybridized carbons (Fsp3) is 0.556. The number of hydrogen-bond donors (Lipinski definition) is 2. The van der Waals surface area contributed by atoms with Crippen LogP contribution in [0.2, 0.25) is 0 Å². The Balaban J connectivity index is 1.76. The van der Waals surface area contributed by atoms with Crippen LogP contribution in [0, 0.1) is 12.8 Å². The number of fused-ring (bicyclic) bond motifs is 3. The number of rotatable bonds is 4. The number of carboxylic acid groups (broad SMARTS) is 1. The van der Waals surface area contributed by atoms with Crippen molar-refractivity contribution < 1.29 is 24.2 Å². The first-order chi connectivity index (χ1) is 12.5. The number of anilines is 1. The van der Waals surface area contributed by atoms with Gasteiger partial charge in [0, 0.05) is 25.6 Å². The molecule has 0 aromatic heterocycles. The summed E-state index contributed by atoms with van der Waals surface area (Å²) in [4.78, 5) is 27.7. The van der Waals surface area contributed by atoms with E-state index in [2.05, 4.69) is 5.32 Å². The molecule has 0 spiro atoms. The molecule has 0 unspecified atom stereocenters. The van der Waals surface area contributed by atoms with Crippen molar-refractivity contribution in [3.8, 4) is 5.75 Å². The lowest BCUT2D eigenvalue weighted by Crippen LogP contribution is -2.48. The molecule has 3 rings (SSSR count). The first-order valence-corrected chi connectivity index (χ1v) is 8.70. The van der Waals surface area contributed by atoms with Crippen molar-refractivity contribution in [1.82, 2.24) is 9.80 Å². The number of urea groups is 1. The molecule has 2 fully saturated rings. The van der Waals surface area contributed by atoms with E-state index < -0.39 is 5.97 Å². The number of benzene rings is 1. The minimum absolute atomic E-state index is 0.0197. The van der Waals surface area contributed by atoms with Crippen LogP contribution in [0.1, 0.15) is 5.56 Å². The van der Waals surface area contributed by atoms with Gasteiger partial charge in [-0.2, -0.15) is 0 Å². The molecule has 8 nitrogen and oxygen atoms in total. The Hall–Kier alpha value is -2.32. The summed E-state index contributed by atoms with van der Waals surface area (Å²) in [7, 11) is 1.57. The molecule has 142 valence electrons. The first-order valence-electron chi connectivity index (χ1n) is 8.70. The van der Waals surface area contributed by atoms with Crippen molar-refractivity contribution in [2.24, 2.45) is 5.92 Å². The van der Waals surface area contributed by atoms with E-state index >= 15 is 0 Å². The van der Waals surface area contributed by atoms with Crippen molar-refractivity contribution in [2.45, 2.75) is 13.0 Å². The highest BCUT2D eigenvalue weighted by Crippen LogP contribution is 2.27. The summed E-state index contributed by atoms with van der Waals surface area (Å²) in [5, 5.41) is 12.0. The smallest absolute Gasteiger partial charge is 0.322 e. The second-order valence-electron chi connectivity index (χ2n) is 6.93. The predicted octanol–water partition coefficient (Wildman–Crippen LogP) is 1.25. The predicted molar refractivity (Wildman–Crippen MR) is 95.6 cm³/mol. The minimum atomic E-state index is -0.855. The average Bonchev–Trinajstić information content (AvgIpc) is 2.85. The number of aryl methyl sites for hydroxylation is 1. The quantitative estimate of drug-likeness (QED) is 0.837. The zero-order valence-corrected chi connectivity index (χ0v) is 15.1. The Morgan fingerprint density at radius 1 is 1.31 bits per heavy atom. The molecule has 2 aliphatic heterocycles. The lowest BCUT2D eigenvalue weighted by atomic mass is 10.1. The van der Waals surface area contributed by atoms with Gasteiger partial charge in [0.25, 0.3) is 0 Å². The SMILES string of the molecule is COc1ccc(C)cc1NC(=O)N1C[C@H]2COC[C@@H]1CN(CC(=O)O)C2. The van der Waals surface area contributed by atoms with Gasteiger partial charge in [0.15, 0.2) is 0 Å². The van der Waals surface area contributed by atoms with Gasteiger partial charge in [-0.05, 0) is 24.6 Å². The van der Waals surface area contributed by atoms with Crippen molar-refractivity contribution >= 4 is 17.7 Å². The van der Waals surface area contributed by atoms with Gasteiger partial charge >= 0.3 is 12.0 Å². The van der Waals surface area contributed by atoms with Crippen molar-refractivity contribution in [3.63, 3.8) is 0 Å². The topological polar surface area (TPSA) is 91.3 Å². The zero-order chi connectivity index (χ0) is 18.7. The molecule has 1 aromatic rings. The molecule has 2 bridgehead atoms. The number of nitrogens with one attached hydrogen (secondary N) is 1. The van der Waals surface area contributed by atoms with Crippen LogP contribution in [0.3, 0.4) is 0 Å². The summed E-state index contributed by atoms with van der Waals surface area (Å²) < 4.78 is 11.0. The van der Waals surface area contributed by atoms with Gasteiger partial charge in [-0.1, -0.05) is 6.07 Å². The highest BCUT2D eigenvalue weighted by atomic mass is 16.5. The van der Waals surface area contributed by atoms with Gasteiger partial charge in [-0.3, -0.25) is 9.69 Å². The molecule has 8 heteroatoms. The normalized spacial score (nSPS) is 23.2. The molecule has 2 saturated heterocycles. The monoisotopic (exact) mass is 363 g/mol. The van der Waals surface area contributed by atoms with Gasteiger partial charge in [0.2, 0.25) is 0 Å². The van der Waals surface area contributed by atoms with Crippen LogP contribution in [0.4, 0.5) is 10.5 Å². The van der Waals surface area contributed by atoms with E-state index in [0.717, 1.165) is 5.56 Å². The molecule has 0 aliphatic carbocycles. The molecule has 2 atom stereocenters. The Morgan fingerprint density at radius 3 is 2.85 bits per heavy atom. The Labute approximate surface area is 152 Å². The maximum Gasteiger partial charge on any atom is 0.322 e. The number of hydrogen-bond acceptors (Lipinski definition) is 5. The Bertz CT molecular complexity index is 681. The lowest BCUT2D eigenvalue weighted by Gasteiger charge is -2.30. The van der Waals surface area contributed by atoms with Gasteiger partial charge in [0.1, 0.15) is 5.75 Å². The summed E-state index contributed by atoms with van der Waals surface area (Å²) in [6.45, 7) is 4.51. The Kier molecular flexibility index (Phi) is 5.63. The van der Waals surface area contributed by atoms with Crippen LogP contribution in [0.25, 0.3) is 0 Å². The number of methoxy groups -OCH3 is 1. The summed E-state index contributed by atoms with van der Waals surface area (Å²) in [5.74, 6) is -0.163. The van der Waals surface area contributed by atoms with E-state index in [1.165, 1.54) is 0 Å². The van der Waals surface area contributed by atoms with Crippen LogP contribution in [-0.4, -0.2) is 79.5 Å². The van der Waals surface area contributed by atoms with Crippen molar-refractivity contribution in [1.29, 1.82) is 0 Å². The third-order valence-electron chi connectivity index (χ3n) is 4.76. The standard InChI is InChI=1S/C18H25N3O5/c1-12-3-4-16(25-2)15(5-12)19-18(24)21-7-13-6-20(9-17(22)23)8-14(21)11-26-10-13/h3-5,13-14H,6-11H2,1-2H3,(H,19,24)(H,22,23)/t13-,14-/m0/s1. The van der Waals surface area contributed by atoms with Crippen LogP contribution < -0.4 is 10.1 Å². The van der Waals surface area contributed by atoms with Crippen LogP contribution in [0.5, 0.6) is 5.75 Å². The van der Waals surface area contributed by atoms with E-state index in [-0.39, 0.29) is 24.5 Å². The summed E-state index contributed by atoms with van der Waals surface area (Å²) in [6, 6.07) is 5.21. The Morgan fingerprint density at radius 2 is 2.12 bits per heavy atom. The highest BCUT2D eigenvalue weighted by molar-refractivity contribution is 5.91. The molecule has 26 heavy (non-hydrogen) atoms. The fourth-order valence-corrected chi connectivity index (χ4v) is 3.62. The van der Waals surface area contributed by atoms with E-state index in [1.807, 2.05) is 30.0 Å². The second-order valence-corrected chi connectivity index (χ2v) is 6.93. The first kappa shape index (κ1) is 18.5. The van der Waals surface area contributed by atoms with E-state index in [1.54, 1.807) is 12.0 Å². The van der Waals surface area contributed by atoms with E-state index in [4.69, 9.17) is 14.6 Å². The summed E-state index contributed by atoms with van der Waals surface area (Å²) in [6.07, 6.45) is 0. The maximum absolute atomic E-state index is 12.9. The number of amides is 2. The molecule has 0 saturated carbocycles. The molecule has 0 radical (unpaired) electrons. The van der Waals surface area contributed by atoms with E-state index in [0.29, 0.717) is 44.3 Å². The lowest BCUT2D eigenvalue weighted by molar-refractivity contribution is -0.138. The molecular formula is C18H25N3O5. The molecule has 2 N–H and O–H groups in total. The second kappa shape index (κ2) is 7.92. The van der Waals surface area contributed by atoms with Crippen molar-refractivity contribution in [3.05, 3.63) is 23.8 Å². The largest absolute Gasteiger partial charge is 0.495 e. The van der Waals surface area contributed by atoms with Crippen LogP contribution in [0.15, 0.2) is 18.2 Å². The zero-order valence-electron chi connectivity index (χ0n) is 15.1. The van der Waals surface area contributed by atoms with Crippen molar-refractivity contribution in [2.75, 3.05) is 51.8 Å². The third kappa shape index (κ3) is 4.25. The number of aliphatic carboxylic acids is 1. The van der Waals surface area contributed by atoms with Crippen LogP contribution >= 0.6 is 0 Å². The molecule has 1 aromatic carbocycles. The third-order valence-corrected chi connectivity index (χ3v) is 4.76. The molecule has 2 aliphatic rings. The minimum Gasteiger partial charge on any atom is -0.495 e. The highest BCUT2D eigenvalue weighted by Gasteiger charge is 2.36. The number of carboxylic acids is 1. The average molecular weight is 363 g/mol. The molecule has 2 amide bonds. The number of ether oxygens (including phenoxy) is 2. The fourth-order valence-electron chi connectivity index (χ4n) is 3.62. The van der Waals surface area contributed by atoms with Gasteiger partial charge in [-0.25, -0.2) is 4.79 Å². The van der Waals surface area contributed by atoms with Gasteiger partial charge in [-0.15, -0.1) is 0 Å². The van der Waals surface area contributed by atoms with E-state index in [9.17, 15) is 9.59 Å². The number of nitrogens with zero attached hydrogens (tertiary/aromatic N) is 2. The summed E-state index contributed by atoms with van der Waals surface area (Å²) in [5.41, 5.74) is 1.64. The maximum atomic E-state index is 12.9. The van der Waals surface area contributed by atoms with Gasteiger partial charge in [0.05, 0.1) is 38.6 Å². The number of carbonyl (C=O) groups excluding carboxylic acids is 1. The molecular weight excluding hydrogens is 338 g/mol. The van der Waals surface area contributed by atoms with Gasteiger partial charge < -0.3 is 24.8 Å². The number of carbonyl (C=O) groups is 2. The van der Waals surface area contributed by atoms with Crippen LogP contribution in [-0.2, 0) is 9.53 Å².